The van der Waals surface area contributed by atoms with Crippen molar-refractivity contribution >= 4 is 11.6 Å². The minimum absolute atomic E-state index is 0.00548. The predicted molar refractivity (Wildman–Crippen MR) is 103 cm³/mol. The number of carbonyl (C=O) groups is 1. The van der Waals surface area contributed by atoms with Crippen LogP contribution in [0.2, 0.25) is 0 Å². The molecule has 2 aromatic carbocycles. The molecule has 0 saturated carbocycles. The summed E-state index contributed by atoms with van der Waals surface area (Å²) in [5, 5.41) is 3.55. The van der Waals surface area contributed by atoms with Crippen LogP contribution in [-0.4, -0.2) is 37.2 Å². The van der Waals surface area contributed by atoms with E-state index in [2.05, 4.69) is 5.32 Å². The molecule has 1 unspecified atom stereocenters. The molecule has 3 rings (SSSR count). The highest BCUT2D eigenvalue weighted by Gasteiger charge is 2.42. The van der Waals surface area contributed by atoms with Gasteiger partial charge in [-0.25, -0.2) is 0 Å². The van der Waals surface area contributed by atoms with E-state index in [-0.39, 0.29) is 12.0 Å². The van der Waals surface area contributed by atoms with Crippen LogP contribution in [-0.2, 0) is 10.4 Å². The molecule has 5 heteroatoms. The molecule has 0 aromatic heterocycles. The zero-order chi connectivity index (χ0) is 18.7. The second kappa shape index (κ2) is 7.38. The Kier molecular flexibility index (Phi) is 5.18. The molecule has 0 spiro atoms. The number of anilines is 1. The van der Waals surface area contributed by atoms with Crippen molar-refractivity contribution in [2.24, 2.45) is 0 Å². The van der Waals surface area contributed by atoms with Crippen LogP contribution in [0.4, 0.5) is 5.69 Å². The molecule has 26 heavy (non-hydrogen) atoms. The lowest BCUT2D eigenvalue weighted by Crippen LogP contribution is -2.56. The second-order valence-corrected chi connectivity index (χ2v) is 6.89. The van der Waals surface area contributed by atoms with Crippen LogP contribution in [0.25, 0.3) is 0 Å². The van der Waals surface area contributed by atoms with E-state index in [1.807, 2.05) is 74.2 Å². The van der Waals surface area contributed by atoms with Gasteiger partial charge >= 0.3 is 0 Å². The fourth-order valence-electron chi connectivity index (χ4n) is 3.34. The molecule has 1 aliphatic rings. The molecule has 1 heterocycles. The minimum Gasteiger partial charge on any atom is -0.491 e. The third-order valence-electron chi connectivity index (χ3n) is 4.61. The van der Waals surface area contributed by atoms with E-state index >= 15 is 0 Å². The molecule has 0 fully saturated rings. The van der Waals surface area contributed by atoms with Gasteiger partial charge in [0.25, 0.3) is 5.91 Å². The lowest BCUT2D eigenvalue weighted by Gasteiger charge is -2.46. The molecule has 1 amide bonds. The van der Waals surface area contributed by atoms with Gasteiger partial charge in [0, 0.05) is 24.9 Å². The van der Waals surface area contributed by atoms with Crippen molar-refractivity contribution in [3.05, 3.63) is 59.7 Å². The van der Waals surface area contributed by atoms with Gasteiger partial charge in [0.2, 0.25) is 0 Å². The van der Waals surface area contributed by atoms with Crippen molar-refractivity contribution in [2.75, 3.05) is 25.6 Å². The van der Waals surface area contributed by atoms with Gasteiger partial charge < -0.3 is 19.7 Å². The van der Waals surface area contributed by atoms with Crippen molar-refractivity contribution < 1.29 is 14.3 Å². The monoisotopic (exact) mass is 354 g/mol. The van der Waals surface area contributed by atoms with E-state index in [9.17, 15) is 4.79 Å². The molecule has 1 atom stereocenters. The summed E-state index contributed by atoms with van der Waals surface area (Å²) < 4.78 is 11.1. The van der Waals surface area contributed by atoms with Gasteiger partial charge in [0.15, 0.2) is 0 Å². The van der Waals surface area contributed by atoms with Crippen LogP contribution in [0.3, 0.4) is 0 Å². The maximum absolute atomic E-state index is 13.2. The fraction of sp³-hybridized carbons (Fsp3) is 0.381. The molecule has 1 aliphatic heterocycles. The average Bonchev–Trinajstić information content (AvgIpc) is 2.61. The second-order valence-electron chi connectivity index (χ2n) is 6.89. The molecule has 0 saturated heterocycles. The maximum Gasteiger partial charge on any atom is 0.258 e. The Morgan fingerprint density at radius 2 is 1.92 bits per heavy atom. The smallest absolute Gasteiger partial charge is 0.258 e. The molecule has 138 valence electrons. The van der Waals surface area contributed by atoms with Crippen molar-refractivity contribution in [3.63, 3.8) is 0 Å². The number of nitrogens with one attached hydrogen (secondary N) is 1. The van der Waals surface area contributed by atoms with Crippen LogP contribution in [0, 0.1) is 0 Å². The topological polar surface area (TPSA) is 50.8 Å². The number of hydrogen-bond acceptors (Lipinski definition) is 4. The third-order valence-corrected chi connectivity index (χ3v) is 4.61. The van der Waals surface area contributed by atoms with Crippen LogP contribution in [0.15, 0.2) is 48.5 Å². The summed E-state index contributed by atoms with van der Waals surface area (Å²) in [4.78, 5) is 15.0. The fourth-order valence-corrected chi connectivity index (χ4v) is 3.34. The Balaban J connectivity index is 2.05. The zero-order valence-corrected chi connectivity index (χ0v) is 15.8. The van der Waals surface area contributed by atoms with Crippen molar-refractivity contribution in [1.82, 2.24) is 4.90 Å². The number of benzene rings is 2. The highest BCUT2D eigenvalue weighted by molar-refractivity contribution is 6.02. The van der Waals surface area contributed by atoms with E-state index in [0.29, 0.717) is 18.7 Å². The highest BCUT2D eigenvalue weighted by atomic mass is 16.5. The first-order chi connectivity index (χ1) is 12.5. The van der Waals surface area contributed by atoms with E-state index < -0.39 is 5.66 Å². The summed E-state index contributed by atoms with van der Waals surface area (Å²) in [7, 11) is 1.64. The summed E-state index contributed by atoms with van der Waals surface area (Å²) >= 11 is 0. The summed E-state index contributed by atoms with van der Waals surface area (Å²) in [6, 6.07) is 15.5. The summed E-state index contributed by atoms with van der Waals surface area (Å²) in [5.74, 6) is 0.785. The summed E-state index contributed by atoms with van der Waals surface area (Å²) in [5.41, 5.74) is 1.79. The molecule has 0 bridgehead atoms. The first-order valence-corrected chi connectivity index (χ1v) is 8.91. The number of fused-ring (bicyclic) bond motifs is 1. The standard InChI is InChI=1S/C21H26N2O3/c1-15(2)26-17-9-7-8-16(14-17)21(3)22-19-11-6-5-10-18(19)20(24)23(21)12-13-25-4/h5-11,14-15,22H,12-13H2,1-4H3. The number of ether oxygens (including phenoxy) is 2. The zero-order valence-electron chi connectivity index (χ0n) is 15.8. The number of hydrogen-bond donors (Lipinski definition) is 1. The van der Waals surface area contributed by atoms with Crippen LogP contribution in [0.5, 0.6) is 5.75 Å². The summed E-state index contributed by atoms with van der Waals surface area (Å²) in [6.07, 6.45) is 0.0873. The summed E-state index contributed by atoms with van der Waals surface area (Å²) in [6.45, 7) is 6.97. The number of methoxy groups -OCH3 is 1. The Hall–Kier alpha value is -2.53. The first kappa shape index (κ1) is 18.3. The van der Waals surface area contributed by atoms with Gasteiger partial charge in [-0.2, -0.15) is 0 Å². The van der Waals surface area contributed by atoms with Gasteiger partial charge in [0.05, 0.1) is 18.3 Å². The number of carbonyl (C=O) groups excluding carboxylic acids is 1. The quantitative estimate of drug-likeness (QED) is 0.856. The molecule has 0 radical (unpaired) electrons. The van der Waals surface area contributed by atoms with Crippen molar-refractivity contribution in [1.29, 1.82) is 0 Å². The van der Waals surface area contributed by atoms with Gasteiger partial charge in [-0.1, -0.05) is 24.3 Å². The lowest BCUT2D eigenvalue weighted by molar-refractivity contribution is 0.0437. The minimum atomic E-state index is -0.694. The third kappa shape index (κ3) is 3.40. The molecular weight excluding hydrogens is 328 g/mol. The highest BCUT2D eigenvalue weighted by Crippen LogP contribution is 2.38. The van der Waals surface area contributed by atoms with Crippen LogP contribution in [0.1, 0.15) is 36.7 Å². The van der Waals surface area contributed by atoms with Crippen molar-refractivity contribution in [3.8, 4) is 5.75 Å². The predicted octanol–water partition coefficient (Wildman–Crippen LogP) is 3.86. The Morgan fingerprint density at radius 3 is 2.65 bits per heavy atom. The number of nitrogens with zero attached hydrogens (tertiary/aromatic N) is 1. The molecule has 0 aliphatic carbocycles. The normalized spacial score (nSPS) is 19.3. The molecule has 1 N–H and O–H groups in total. The number of para-hydroxylation sites is 1. The van der Waals surface area contributed by atoms with Crippen LogP contribution >= 0.6 is 0 Å². The SMILES string of the molecule is COCCN1C(=O)c2ccccc2NC1(C)c1cccc(OC(C)C)c1. The van der Waals surface area contributed by atoms with Crippen molar-refractivity contribution in [2.45, 2.75) is 32.5 Å². The first-order valence-electron chi connectivity index (χ1n) is 8.91. The Bertz CT molecular complexity index is 790. The molecule has 2 aromatic rings. The van der Waals surface area contributed by atoms with Crippen LogP contribution < -0.4 is 10.1 Å². The van der Waals surface area contributed by atoms with E-state index in [4.69, 9.17) is 9.47 Å². The van der Waals surface area contributed by atoms with Gasteiger partial charge in [0.1, 0.15) is 11.4 Å². The van der Waals surface area contributed by atoms with Gasteiger partial charge in [-0.3, -0.25) is 4.79 Å². The van der Waals surface area contributed by atoms with Gasteiger partial charge in [-0.05, 0) is 45.0 Å². The maximum atomic E-state index is 13.2. The molecule has 5 nitrogen and oxygen atoms in total. The average molecular weight is 354 g/mol. The Labute approximate surface area is 154 Å². The number of amides is 1. The van der Waals surface area contributed by atoms with E-state index in [1.54, 1.807) is 7.11 Å². The Morgan fingerprint density at radius 1 is 1.15 bits per heavy atom. The largest absolute Gasteiger partial charge is 0.491 e. The van der Waals surface area contributed by atoms with Gasteiger partial charge in [-0.15, -0.1) is 0 Å². The molecular formula is C21H26N2O3. The van der Waals surface area contributed by atoms with E-state index in [0.717, 1.165) is 17.0 Å². The van der Waals surface area contributed by atoms with E-state index in [1.165, 1.54) is 0 Å². The number of rotatable bonds is 6. The lowest BCUT2D eigenvalue weighted by atomic mass is 9.93.